The molecule has 4 N–H and O–H groups in total. The van der Waals surface area contributed by atoms with E-state index in [-0.39, 0.29) is 114 Å². The van der Waals surface area contributed by atoms with Gasteiger partial charge in [-0.15, -0.1) is 18.7 Å². The quantitative estimate of drug-likeness (QED) is 0.0331. The van der Waals surface area contributed by atoms with Crippen molar-refractivity contribution in [3.05, 3.63) is 202 Å². The maximum absolute atomic E-state index is 12.3. The summed E-state index contributed by atoms with van der Waals surface area (Å²) in [5.41, 5.74) is 9.43. The first-order valence-corrected chi connectivity index (χ1v) is 26.5. The molecule has 387 valence electrons. The largest absolute Gasteiger partial charge is 1.00 e. The fourth-order valence-corrected chi connectivity index (χ4v) is 10.3. The number of carbonyl (C=O) groups is 1. The van der Waals surface area contributed by atoms with Crippen molar-refractivity contribution in [2.24, 2.45) is 0 Å². The van der Waals surface area contributed by atoms with Crippen molar-refractivity contribution in [1.29, 1.82) is 0 Å². The second-order valence-corrected chi connectivity index (χ2v) is 21.1. The number of hydrogen-bond donors (Lipinski definition) is 4. The maximum Gasteiger partial charge on any atom is 1.00 e. The van der Waals surface area contributed by atoms with Gasteiger partial charge in [0.1, 0.15) is 33.1 Å². The summed E-state index contributed by atoms with van der Waals surface area (Å²) >= 11 is 0. The maximum atomic E-state index is 12.3. The Morgan fingerprint density at radius 3 is 2.26 bits per heavy atom. The number of rotatable bonds is 17. The van der Waals surface area contributed by atoms with E-state index in [0.29, 0.717) is 80.4 Å². The third-order valence-corrected chi connectivity index (χ3v) is 14.5. The third kappa shape index (κ3) is 15.5. The molecule has 0 aromatic heterocycles. The smallest absolute Gasteiger partial charge is 0.744 e. The molecule has 0 saturated heterocycles. The Kier molecular flexibility index (Phi) is 23.3. The number of hydrogen-bond acceptors (Lipinski definition) is 13. The first kappa shape index (κ1) is 64.0. The number of carbonyl (C=O) groups excluding carboxylic acids is 1. The van der Waals surface area contributed by atoms with Crippen LogP contribution in [-0.2, 0) is 55.9 Å². The van der Waals surface area contributed by atoms with Crippen LogP contribution in [0.5, 0.6) is 11.5 Å². The molecular formula is C56H57B2K2N3O12S2+. The molecule has 15 nitrogen and oxygen atoms in total. The molecule has 1 aliphatic carbocycles. The summed E-state index contributed by atoms with van der Waals surface area (Å²) in [5, 5.41) is 33.2. The number of allylic oxidation sites excluding steroid dienone is 7. The minimum Gasteiger partial charge on any atom is -0.744 e. The number of nitrogens with zero attached hydrogens (tertiary/aromatic N) is 2. The van der Waals surface area contributed by atoms with Crippen LogP contribution in [0.3, 0.4) is 0 Å². The van der Waals surface area contributed by atoms with Gasteiger partial charge in [-0.25, -0.2) is 13.0 Å². The van der Waals surface area contributed by atoms with Crippen LogP contribution in [-0.4, -0.2) is 78.2 Å². The van der Waals surface area contributed by atoms with Crippen LogP contribution in [0.2, 0.25) is 0 Å². The van der Waals surface area contributed by atoms with E-state index < -0.39 is 38.7 Å². The Morgan fingerprint density at radius 1 is 0.922 bits per heavy atom. The van der Waals surface area contributed by atoms with Crippen molar-refractivity contribution < 1.29 is 162 Å². The molecule has 1 radical (unpaired) electrons. The van der Waals surface area contributed by atoms with Crippen LogP contribution in [0.15, 0.2) is 173 Å². The van der Waals surface area contributed by atoms with Crippen molar-refractivity contribution in [1.82, 2.24) is 5.32 Å². The molecule has 5 aromatic carbocycles. The molecule has 0 spiro atoms. The van der Waals surface area contributed by atoms with E-state index in [4.69, 9.17) is 22.0 Å². The third-order valence-electron chi connectivity index (χ3n) is 13.6. The fourth-order valence-electron chi connectivity index (χ4n) is 9.81. The Morgan fingerprint density at radius 2 is 1.60 bits per heavy atom. The second-order valence-electron chi connectivity index (χ2n) is 19.3. The predicted molar refractivity (Wildman–Crippen MR) is 286 cm³/mol. The summed E-state index contributed by atoms with van der Waals surface area (Å²) in [7, 11) is -8.87. The Labute approximate surface area is 538 Å². The van der Waals surface area contributed by atoms with Crippen LogP contribution in [0, 0.1) is 6.07 Å². The van der Waals surface area contributed by atoms with E-state index in [1.807, 2.05) is 86.7 Å². The van der Waals surface area contributed by atoms with Gasteiger partial charge in [-0.2, -0.15) is 18.2 Å². The van der Waals surface area contributed by atoms with Crippen LogP contribution in [0.1, 0.15) is 81.7 Å². The molecular weight excluding hydrogens is 1070 g/mol. The molecule has 0 atom stereocenters. The minimum absolute atomic E-state index is 0. The van der Waals surface area contributed by atoms with Gasteiger partial charge in [0.05, 0.1) is 11.4 Å². The number of para-hydroxylation sites is 1. The molecule has 1 amide bonds. The van der Waals surface area contributed by atoms with E-state index in [2.05, 4.69) is 59.5 Å². The molecule has 0 bridgehead atoms. The second kappa shape index (κ2) is 28.0. The summed E-state index contributed by atoms with van der Waals surface area (Å²) in [6.45, 7) is 14.9. The van der Waals surface area contributed by atoms with Crippen LogP contribution in [0.25, 0.3) is 0 Å². The van der Waals surface area contributed by atoms with Crippen molar-refractivity contribution in [2.75, 3.05) is 11.4 Å². The van der Waals surface area contributed by atoms with Crippen molar-refractivity contribution in [3.63, 3.8) is 0 Å². The van der Waals surface area contributed by atoms with Gasteiger partial charge in [0.15, 0.2) is 12.3 Å². The SMILES string of the molecule is C=C(C)C(=O)NCCc1ccc(OC2=C(/C=C/C3=[N+](Cc4ccccc4B(O)O)c4cc[c-]cc4C3(C)C)CCC/C2=C\C=C2\N(Cc3ccccc3O[B]O)c3ccc(S(=O)(=O)[O-])cc3C2(C)C)cc1.O=S(=O)=O.[K+].[K+]. The molecule has 21 heteroatoms. The van der Waals surface area contributed by atoms with E-state index in [1.165, 1.54) is 12.1 Å². The van der Waals surface area contributed by atoms with Gasteiger partial charge >= 0.3 is 128 Å². The average molecular weight is 1130 g/mol. The number of benzene rings is 5. The van der Waals surface area contributed by atoms with E-state index in [1.54, 1.807) is 37.3 Å². The average Bonchev–Trinajstić information content (AvgIpc) is 3.71. The van der Waals surface area contributed by atoms with Crippen LogP contribution < -0.4 is 128 Å². The van der Waals surface area contributed by atoms with Gasteiger partial charge in [0, 0.05) is 51.5 Å². The summed E-state index contributed by atoms with van der Waals surface area (Å²) in [6.07, 6.45) is 11.2. The summed E-state index contributed by atoms with van der Waals surface area (Å²) < 4.78 is 77.0. The number of ether oxygens (including phenoxy) is 1. The van der Waals surface area contributed by atoms with E-state index in [9.17, 15) is 32.8 Å². The van der Waals surface area contributed by atoms with Crippen molar-refractivity contribution >= 4 is 64.0 Å². The van der Waals surface area contributed by atoms with Crippen molar-refractivity contribution in [2.45, 2.75) is 89.1 Å². The van der Waals surface area contributed by atoms with E-state index >= 15 is 0 Å². The topological polar surface area (TPSA) is 223 Å². The number of fused-ring (bicyclic) bond motifs is 2. The van der Waals surface area contributed by atoms with Crippen molar-refractivity contribution in [3.8, 4) is 11.5 Å². The zero-order valence-electron chi connectivity index (χ0n) is 44.2. The molecule has 0 saturated carbocycles. The molecule has 3 aliphatic rings. The first-order valence-electron chi connectivity index (χ1n) is 24.1. The van der Waals surface area contributed by atoms with E-state index in [0.717, 1.165) is 62.6 Å². The Hall–Kier alpha value is -3.85. The summed E-state index contributed by atoms with van der Waals surface area (Å²) in [4.78, 5) is 13.9. The van der Waals surface area contributed by atoms with Gasteiger partial charge in [0.25, 0.3) is 0 Å². The van der Waals surface area contributed by atoms with Gasteiger partial charge in [-0.3, -0.25) is 4.79 Å². The molecule has 2 aliphatic heterocycles. The summed E-state index contributed by atoms with van der Waals surface area (Å²) in [6, 6.07) is 36.2. The zero-order chi connectivity index (χ0) is 54.2. The van der Waals surface area contributed by atoms with Gasteiger partial charge in [-0.05, 0) is 109 Å². The zero-order valence-corrected chi connectivity index (χ0v) is 52.1. The van der Waals surface area contributed by atoms with Crippen LogP contribution in [0.4, 0.5) is 11.4 Å². The van der Waals surface area contributed by atoms with Gasteiger partial charge < -0.3 is 39.2 Å². The van der Waals surface area contributed by atoms with Gasteiger partial charge in [0.2, 0.25) is 5.91 Å². The first-order chi connectivity index (χ1) is 35.6. The molecule has 0 unspecified atom stereocenters. The minimum atomic E-state index is -4.76. The Bertz CT molecular complexity index is 3410. The fraction of sp³-hybridized carbons (Fsp3) is 0.250. The Balaban J connectivity index is 0.00000176. The number of amides is 1. The number of nitrogens with one attached hydrogen (secondary N) is 1. The monoisotopic (exact) mass is 1130 g/mol. The summed E-state index contributed by atoms with van der Waals surface area (Å²) in [5.74, 6) is 1.57. The molecule has 0 fully saturated rings. The predicted octanol–water partition coefficient (Wildman–Crippen LogP) is 0.673. The molecule has 5 aromatic rings. The van der Waals surface area contributed by atoms with Gasteiger partial charge in [-0.1, -0.05) is 101 Å². The normalized spacial score (nSPS) is 16.1. The molecule has 77 heavy (non-hydrogen) atoms. The van der Waals surface area contributed by atoms with Crippen LogP contribution >= 0.6 is 0 Å². The standard InChI is InChI=1S/C56H58B2N3O9S.2K.O3S/c1-37(2)54(62)59-33-32-38-22-26-43(27-23-38)69-53-39(24-30-51-55(3,4)45-18-9-11-20-48(45)60(51)35-41-14-7-10-19-47(41)58(64)65)16-13-17-40(53)25-31-52-56(5,6)46-34-44(71(66,67)68)28-29-49(46)61(52)36-42-15-8-12-21-50(42)70-57-63;;;1-4(2)3/h7-8,10-12,14-15,18-31,34,63-65H,1,13,16-17,32-33,35-36H2,2-6H3,(H,59,62)(H,66,67,68);;;/q;2*+1;/p-1. The molecule has 8 rings (SSSR count). The molecule has 2 heterocycles. The number of anilines is 1.